The highest BCUT2D eigenvalue weighted by Gasteiger charge is 2.26. The lowest BCUT2D eigenvalue weighted by Crippen LogP contribution is -2.43. The van der Waals surface area contributed by atoms with Crippen molar-refractivity contribution in [3.63, 3.8) is 0 Å². The van der Waals surface area contributed by atoms with Crippen molar-refractivity contribution in [3.8, 4) is 0 Å². The molecule has 0 aromatic heterocycles. The monoisotopic (exact) mass is 310 g/mol. The number of nitrogens with two attached hydrogens (primary N) is 1. The van der Waals surface area contributed by atoms with Crippen LogP contribution < -0.4 is 5.73 Å². The standard InChI is InChI=1S/C16H23ClN2O2/c1-2-19(14-7-9-21-10-8-14)11-15(16(18)20)12-3-5-13(17)6-4-12/h3-6,14-15H,2,7-11H2,1H3,(H2,18,20)/t15-/m1/s1. The third-order valence-electron chi connectivity index (χ3n) is 4.15. The van der Waals surface area contributed by atoms with Gasteiger partial charge in [0, 0.05) is 30.8 Å². The highest BCUT2D eigenvalue weighted by Crippen LogP contribution is 2.23. The second kappa shape index (κ2) is 7.78. The number of amides is 1. The van der Waals surface area contributed by atoms with Crippen LogP contribution in [0.3, 0.4) is 0 Å². The Kier molecular flexibility index (Phi) is 6.03. The second-order valence-electron chi connectivity index (χ2n) is 5.44. The van der Waals surface area contributed by atoms with E-state index in [1.165, 1.54) is 0 Å². The first-order valence-corrected chi connectivity index (χ1v) is 7.86. The normalized spacial score (nSPS) is 17.9. The van der Waals surface area contributed by atoms with Gasteiger partial charge in [-0.2, -0.15) is 0 Å². The maximum atomic E-state index is 11.9. The Hall–Kier alpha value is -1.10. The van der Waals surface area contributed by atoms with Crippen molar-refractivity contribution < 1.29 is 9.53 Å². The van der Waals surface area contributed by atoms with Gasteiger partial charge < -0.3 is 10.5 Å². The Morgan fingerprint density at radius 3 is 2.52 bits per heavy atom. The van der Waals surface area contributed by atoms with Crippen molar-refractivity contribution in [2.75, 3.05) is 26.3 Å². The zero-order chi connectivity index (χ0) is 15.2. The van der Waals surface area contributed by atoms with E-state index in [0.29, 0.717) is 17.6 Å². The molecule has 0 saturated carbocycles. The summed E-state index contributed by atoms with van der Waals surface area (Å²) in [6.45, 7) is 5.27. The van der Waals surface area contributed by atoms with Gasteiger partial charge in [-0.1, -0.05) is 30.7 Å². The van der Waals surface area contributed by atoms with E-state index >= 15 is 0 Å². The Morgan fingerprint density at radius 2 is 2.00 bits per heavy atom. The molecule has 2 rings (SSSR count). The van der Waals surface area contributed by atoms with Crippen LogP contribution in [0.2, 0.25) is 5.02 Å². The first-order valence-electron chi connectivity index (χ1n) is 7.48. The van der Waals surface area contributed by atoms with Crippen LogP contribution in [0.1, 0.15) is 31.2 Å². The van der Waals surface area contributed by atoms with Crippen LogP contribution in [0.15, 0.2) is 24.3 Å². The van der Waals surface area contributed by atoms with Gasteiger partial charge in [-0.3, -0.25) is 9.69 Å². The molecule has 1 atom stereocenters. The summed E-state index contributed by atoms with van der Waals surface area (Å²) in [5.41, 5.74) is 6.54. The minimum absolute atomic E-state index is 0.289. The number of likely N-dealkylation sites (N-methyl/N-ethyl adjacent to an activating group) is 1. The van der Waals surface area contributed by atoms with E-state index in [0.717, 1.165) is 38.2 Å². The fraction of sp³-hybridized carbons (Fsp3) is 0.562. The molecule has 2 N–H and O–H groups in total. The Balaban J connectivity index is 2.10. The SMILES string of the molecule is CCN(C[C@@H](C(N)=O)c1ccc(Cl)cc1)C1CCOCC1. The number of ether oxygens (including phenoxy) is 1. The van der Waals surface area contributed by atoms with E-state index in [1.54, 1.807) is 12.1 Å². The molecule has 4 nitrogen and oxygen atoms in total. The van der Waals surface area contributed by atoms with Gasteiger partial charge in [-0.05, 0) is 37.1 Å². The van der Waals surface area contributed by atoms with E-state index in [9.17, 15) is 4.79 Å². The molecule has 1 heterocycles. The second-order valence-corrected chi connectivity index (χ2v) is 5.87. The number of carbonyl (C=O) groups is 1. The molecule has 0 bridgehead atoms. The number of rotatable bonds is 6. The average Bonchev–Trinajstić information content (AvgIpc) is 2.50. The Bertz CT molecular complexity index is 458. The van der Waals surface area contributed by atoms with Crippen molar-refractivity contribution in [1.29, 1.82) is 0 Å². The molecule has 1 fully saturated rings. The minimum atomic E-state index is -0.301. The molecule has 0 unspecified atom stereocenters. The number of halogens is 1. The molecule has 0 radical (unpaired) electrons. The lowest BCUT2D eigenvalue weighted by Gasteiger charge is -2.35. The summed E-state index contributed by atoms with van der Waals surface area (Å²) in [6.07, 6.45) is 2.03. The van der Waals surface area contributed by atoms with E-state index < -0.39 is 0 Å². The van der Waals surface area contributed by atoms with E-state index in [1.807, 2.05) is 12.1 Å². The molecule has 1 aromatic carbocycles. The molecule has 116 valence electrons. The topological polar surface area (TPSA) is 55.6 Å². The summed E-state index contributed by atoms with van der Waals surface area (Å²) in [5, 5.41) is 0.666. The lowest BCUT2D eigenvalue weighted by molar-refractivity contribution is -0.120. The quantitative estimate of drug-likeness (QED) is 0.878. The van der Waals surface area contributed by atoms with Gasteiger partial charge in [-0.25, -0.2) is 0 Å². The average molecular weight is 311 g/mol. The molecule has 1 aliphatic heterocycles. The third-order valence-corrected chi connectivity index (χ3v) is 4.40. The predicted octanol–water partition coefficient (Wildman–Crippen LogP) is 2.41. The van der Waals surface area contributed by atoms with E-state index in [2.05, 4.69) is 11.8 Å². The number of benzene rings is 1. The molecule has 1 amide bonds. The number of hydrogen-bond donors (Lipinski definition) is 1. The van der Waals surface area contributed by atoms with E-state index in [4.69, 9.17) is 22.1 Å². The van der Waals surface area contributed by atoms with Gasteiger partial charge in [0.05, 0.1) is 5.92 Å². The molecule has 21 heavy (non-hydrogen) atoms. The van der Waals surface area contributed by atoms with Crippen LogP contribution in [0.4, 0.5) is 0 Å². The summed E-state index contributed by atoms with van der Waals surface area (Å²) >= 11 is 5.91. The first kappa shape index (κ1) is 16.3. The lowest BCUT2D eigenvalue weighted by atomic mass is 9.96. The van der Waals surface area contributed by atoms with Gasteiger partial charge in [0.1, 0.15) is 0 Å². The molecule has 5 heteroatoms. The Morgan fingerprint density at radius 1 is 1.38 bits per heavy atom. The summed E-state index contributed by atoms with van der Waals surface area (Å²) in [4.78, 5) is 14.2. The highest BCUT2D eigenvalue weighted by atomic mass is 35.5. The van der Waals surface area contributed by atoms with Crippen LogP contribution in [0, 0.1) is 0 Å². The van der Waals surface area contributed by atoms with Gasteiger partial charge in [0.15, 0.2) is 0 Å². The number of primary amides is 1. The molecule has 1 saturated heterocycles. The zero-order valence-corrected chi connectivity index (χ0v) is 13.2. The van der Waals surface area contributed by atoms with Crippen LogP contribution in [0.25, 0.3) is 0 Å². The third kappa shape index (κ3) is 4.43. The number of hydrogen-bond acceptors (Lipinski definition) is 3. The van der Waals surface area contributed by atoms with Crippen molar-refractivity contribution in [2.24, 2.45) is 5.73 Å². The van der Waals surface area contributed by atoms with Crippen LogP contribution >= 0.6 is 11.6 Å². The minimum Gasteiger partial charge on any atom is -0.381 e. The Labute approximate surface area is 131 Å². The summed E-state index contributed by atoms with van der Waals surface area (Å²) in [6, 6.07) is 7.85. The predicted molar refractivity (Wildman–Crippen MR) is 84.5 cm³/mol. The highest BCUT2D eigenvalue weighted by molar-refractivity contribution is 6.30. The zero-order valence-electron chi connectivity index (χ0n) is 12.4. The maximum absolute atomic E-state index is 11.9. The van der Waals surface area contributed by atoms with Gasteiger partial charge >= 0.3 is 0 Å². The van der Waals surface area contributed by atoms with Crippen LogP contribution in [0.5, 0.6) is 0 Å². The molecule has 0 aliphatic carbocycles. The molecule has 0 spiro atoms. The summed E-state index contributed by atoms with van der Waals surface area (Å²) < 4.78 is 5.41. The molecular formula is C16H23ClN2O2. The van der Waals surface area contributed by atoms with Crippen LogP contribution in [-0.4, -0.2) is 43.2 Å². The summed E-state index contributed by atoms with van der Waals surface area (Å²) in [5.74, 6) is -0.590. The fourth-order valence-corrected chi connectivity index (χ4v) is 3.00. The smallest absolute Gasteiger partial charge is 0.226 e. The fourth-order valence-electron chi connectivity index (χ4n) is 2.88. The van der Waals surface area contributed by atoms with Crippen molar-refractivity contribution >= 4 is 17.5 Å². The van der Waals surface area contributed by atoms with Crippen LogP contribution in [-0.2, 0) is 9.53 Å². The largest absolute Gasteiger partial charge is 0.381 e. The van der Waals surface area contributed by atoms with E-state index in [-0.39, 0.29) is 11.8 Å². The number of carbonyl (C=O) groups excluding carboxylic acids is 1. The van der Waals surface area contributed by atoms with Gasteiger partial charge in [0.2, 0.25) is 5.91 Å². The molecule has 1 aliphatic rings. The summed E-state index contributed by atoms with van der Waals surface area (Å²) in [7, 11) is 0. The van der Waals surface area contributed by atoms with Crippen molar-refractivity contribution in [2.45, 2.75) is 31.7 Å². The maximum Gasteiger partial charge on any atom is 0.226 e. The van der Waals surface area contributed by atoms with Crippen molar-refractivity contribution in [3.05, 3.63) is 34.9 Å². The first-order chi connectivity index (χ1) is 10.1. The van der Waals surface area contributed by atoms with Gasteiger partial charge in [0.25, 0.3) is 0 Å². The van der Waals surface area contributed by atoms with Crippen molar-refractivity contribution in [1.82, 2.24) is 4.90 Å². The molecular weight excluding hydrogens is 288 g/mol. The number of nitrogens with zero attached hydrogens (tertiary/aromatic N) is 1. The molecule has 1 aromatic rings. The van der Waals surface area contributed by atoms with Gasteiger partial charge in [-0.15, -0.1) is 0 Å².